The maximum Gasteiger partial charge on any atom is 0.224 e. The maximum absolute atomic E-state index is 12.3. The molecule has 0 radical (unpaired) electrons. The number of amides is 1. The van der Waals surface area contributed by atoms with Gasteiger partial charge in [0.05, 0.1) is 5.92 Å². The molecule has 0 aromatic carbocycles. The number of carbonyl (C=O) groups excluding carboxylic acids is 1. The fraction of sp³-hybridized carbons (Fsp3) is 0.929. The van der Waals surface area contributed by atoms with Gasteiger partial charge < -0.3 is 11.1 Å². The molecule has 0 saturated heterocycles. The summed E-state index contributed by atoms with van der Waals surface area (Å²) in [6.07, 6.45) is 11.4. The molecule has 3 nitrogen and oxygen atoms in total. The lowest BCUT2D eigenvalue weighted by Crippen LogP contribution is -2.50. The highest BCUT2D eigenvalue weighted by molar-refractivity contribution is 7.99. The second kappa shape index (κ2) is 6.80. The van der Waals surface area contributed by atoms with E-state index in [0.29, 0.717) is 11.3 Å². The SMILES string of the molecule is CSC1CCCCC1NC(=O)C1CCCCC1N. The van der Waals surface area contributed by atoms with Crippen molar-refractivity contribution < 1.29 is 4.79 Å². The maximum atomic E-state index is 12.3. The molecule has 4 heteroatoms. The highest BCUT2D eigenvalue weighted by Gasteiger charge is 2.32. The lowest BCUT2D eigenvalue weighted by atomic mass is 9.84. The van der Waals surface area contributed by atoms with E-state index in [4.69, 9.17) is 5.73 Å². The van der Waals surface area contributed by atoms with Crippen molar-refractivity contribution in [1.29, 1.82) is 0 Å². The van der Waals surface area contributed by atoms with Crippen LogP contribution in [0.15, 0.2) is 0 Å². The molecule has 104 valence electrons. The minimum atomic E-state index is 0.0585. The van der Waals surface area contributed by atoms with E-state index in [1.54, 1.807) is 0 Å². The van der Waals surface area contributed by atoms with Gasteiger partial charge in [0.2, 0.25) is 5.91 Å². The summed E-state index contributed by atoms with van der Waals surface area (Å²) in [5, 5.41) is 3.88. The Labute approximate surface area is 115 Å². The third-order valence-electron chi connectivity index (χ3n) is 4.49. The molecule has 18 heavy (non-hydrogen) atoms. The highest BCUT2D eigenvalue weighted by Crippen LogP contribution is 2.28. The van der Waals surface area contributed by atoms with Gasteiger partial charge in [-0.2, -0.15) is 11.8 Å². The minimum absolute atomic E-state index is 0.0585. The summed E-state index contributed by atoms with van der Waals surface area (Å²) in [5.74, 6) is 0.274. The zero-order chi connectivity index (χ0) is 13.0. The van der Waals surface area contributed by atoms with Gasteiger partial charge in [0, 0.05) is 17.3 Å². The third-order valence-corrected chi connectivity index (χ3v) is 5.66. The Morgan fingerprint density at radius 3 is 2.50 bits per heavy atom. The molecule has 0 spiro atoms. The molecule has 2 aliphatic carbocycles. The molecule has 3 N–H and O–H groups in total. The van der Waals surface area contributed by atoms with Crippen molar-refractivity contribution in [2.24, 2.45) is 11.7 Å². The van der Waals surface area contributed by atoms with Gasteiger partial charge in [-0.25, -0.2) is 0 Å². The average molecular weight is 270 g/mol. The van der Waals surface area contributed by atoms with E-state index < -0.39 is 0 Å². The lowest BCUT2D eigenvalue weighted by Gasteiger charge is -2.34. The van der Waals surface area contributed by atoms with E-state index in [2.05, 4.69) is 11.6 Å². The summed E-state index contributed by atoms with van der Waals surface area (Å²) in [6.45, 7) is 0. The van der Waals surface area contributed by atoms with Gasteiger partial charge in [0.15, 0.2) is 0 Å². The third kappa shape index (κ3) is 3.41. The molecular weight excluding hydrogens is 244 g/mol. The lowest BCUT2D eigenvalue weighted by molar-refractivity contribution is -0.127. The number of hydrogen-bond acceptors (Lipinski definition) is 3. The van der Waals surface area contributed by atoms with Crippen LogP contribution < -0.4 is 11.1 Å². The first-order chi connectivity index (χ1) is 8.72. The first-order valence-electron chi connectivity index (χ1n) is 7.31. The Kier molecular flexibility index (Phi) is 5.37. The molecule has 4 atom stereocenters. The molecule has 0 aromatic rings. The van der Waals surface area contributed by atoms with Crippen LogP contribution in [0.4, 0.5) is 0 Å². The Morgan fingerprint density at radius 2 is 1.78 bits per heavy atom. The Hall–Kier alpha value is -0.220. The van der Waals surface area contributed by atoms with E-state index in [0.717, 1.165) is 25.7 Å². The zero-order valence-corrected chi connectivity index (χ0v) is 12.2. The summed E-state index contributed by atoms with van der Waals surface area (Å²) in [7, 11) is 0. The van der Waals surface area contributed by atoms with E-state index >= 15 is 0 Å². The highest BCUT2D eigenvalue weighted by atomic mass is 32.2. The van der Waals surface area contributed by atoms with Crippen molar-refractivity contribution in [1.82, 2.24) is 5.32 Å². The number of hydrogen-bond donors (Lipinski definition) is 2. The first-order valence-corrected chi connectivity index (χ1v) is 8.60. The largest absolute Gasteiger partial charge is 0.352 e. The van der Waals surface area contributed by atoms with E-state index in [1.807, 2.05) is 11.8 Å². The quantitative estimate of drug-likeness (QED) is 0.827. The number of carbonyl (C=O) groups is 1. The van der Waals surface area contributed by atoms with Crippen molar-refractivity contribution in [2.45, 2.75) is 68.7 Å². The van der Waals surface area contributed by atoms with Crippen LogP contribution in [0.3, 0.4) is 0 Å². The van der Waals surface area contributed by atoms with Gasteiger partial charge >= 0.3 is 0 Å². The molecule has 0 aromatic heterocycles. The zero-order valence-electron chi connectivity index (χ0n) is 11.4. The van der Waals surface area contributed by atoms with Crippen LogP contribution in [0.25, 0.3) is 0 Å². The van der Waals surface area contributed by atoms with Crippen molar-refractivity contribution in [2.75, 3.05) is 6.26 Å². The molecule has 1 amide bonds. The summed E-state index contributed by atoms with van der Waals surface area (Å²) >= 11 is 1.90. The van der Waals surface area contributed by atoms with Crippen LogP contribution in [0.5, 0.6) is 0 Å². The van der Waals surface area contributed by atoms with Crippen molar-refractivity contribution >= 4 is 17.7 Å². The standard InChI is InChI=1S/C14H26N2OS/c1-18-13-9-5-4-8-12(13)16-14(17)10-6-2-3-7-11(10)15/h10-13H,2-9,15H2,1H3,(H,16,17). The fourth-order valence-corrected chi connectivity index (χ4v) is 4.25. The Bertz CT molecular complexity index is 285. The van der Waals surface area contributed by atoms with Gasteiger partial charge in [-0.15, -0.1) is 0 Å². The Balaban J connectivity index is 1.88. The molecule has 0 aliphatic heterocycles. The molecule has 4 unspecified atom stereocenters. The summed E-state index contributed by atoms with van der Waals surface area (Å²) < 4.78 is 0. The minimum Gasteiger partial charge on any atom is -0.352 e. The topological polar surface area (TPSA) is 55.1 Å². The first kappa shape index (κ1) is 14.2. The van der Waals surface area contributed by atoms with Crippen LogP contribution in [0, 0.1) is 5.92 Å². The summed E-state index contributed by atoms with van der Waals surface area (Å²) in [6, 6.07) is 0.449. The van der Waals surface area contributed by atoms with Crippen LogP contribution >= 0.6 is 11.8 Å². The smallest absolute Gasteiger partial charge is 0.224 e. The normalized spacial score (nSPS) is 37.2. The van der Waals surface area contributed by atoms with E-state index in [9.17, 15) is 4.79 Å². The predicted molar refractivity (Wildman–Crippen MR) is 77.6 cm³/mol. The van der Waals surface area contributed by atoms with Crippen LogP contribution in [-0.4, -0.2) is 29.5 Å². The van der Waals surface area contributed by atoms with Gasteiger partial charge in [0.1, 0.15) is 0 Å². The van der Waals surface area contributed by atoms with Gasteiger partial charge in [-0.3, -0.25) is 4.79 Å². The molecule has 2 rings (SSSR count). The molecular formula is C14H26N2OS. The van der Waals surface area contributed by atoms with Crippen molar-refractivity contribution in [3.05, 3.63) is 0 Å². The van der Waals surface area contributed by atoms with Gasteiger partial charge in [-0.05, 0) is 31.9 Å². The monoisotopic (exact) mass is 270 g/mol. The predicted octanol–water partition coefficient (Wildman–Crippen LogP) is 2.29. The second-order valence-corrected chi connectivity index (χ2v) is 6.81. The second-order valence-electron chi connectivity index (χ2n) is 5.73. The van der Waals surface area contributed by atoms with Crippen LogP contribution in [-0.2, 0) is 4.79 Å². The number of nitrogens with one attached hydrogen (secondary N) is 1. The van der Waals surface area contributed by atoms with Crippen LogP contribution in [0.2, 0.25) is 0 Å². The van der Waals surface area contributed by atoms with E-state index in [-0.39, 0.29) is 17.9 Å². The van der Waals surface area contributed by atoms with Crippen molar-refractivity contribution in [3.63, 3.8) is 0 Å². The van der Waals surface area contributed by atoms with Crippen molar-refractivity contribution in [3.8, 4) is 0 Å². The molecule has 0 heterocycles. The van der Waals surface area contributed by atoms with E-state index in [1.165, 1.54) is 25.7 Å². The average Bonchev–Trinajstić information content (AvgIpc) is 2.39. The molecule has 2 saturated carbocycles. The molecule has 2 fully saturated rings. The van der Waals surface area contributed by atoms with Gasteiger partial charge in [0.25, 0.3) is 0 Å². The summed E-state index contributed by atoms with van der Waals surface area (Å²) in [4.78, 5) is 12.3. The van der Waals surface area contributed by atoms with Gasteiger partial charge in [-0.1, -0.05) is 25.7 Å². The van der Waals surface area contributed by atoms with Crippen LogP contribution in [0.1, 0.15) is 51.4 Å². The molecule has 2 aliphatic rings. The fourth-order valence-electron chi connectivity index (χ4n) is 3.32. The molecule has 0 bridgehead atoms. The Morgan fingerprint density at radius 1 is 1.11 bits per heavy atom. The number of thioether (sulfide) groups is 1. The summed E-state index contributed by atoms with van der Waals surface area (Å²) in [5.41, 5.74) is 6.09. The number of nitrogens with two attached hydrogens (primary N) is 1. The number of rotatable bonds is 3.